The van der Waals surface area contributed by atoms with Crippen LogP contribution in [-0.4, -0.2) is 46.0 Å². The van der Waals surface area contributed by atoms with E-state index < -0.39 is 10.0 Å². The minimum absolute atomic E-state index is 0.0364. The fourth-order valence-corrected chi connectivity index (χ4v) is 4.90. The zero-order valence-electron chi connectivity index (χ0n) is 17.3. The molecule has 1 aliphatic rings. The smallest absolute Gasteiger partial charge is 0.264 e. The van der Waals surface area contributed by atoms with Gasteiger partial charge >= 0.3 is 0 Å². The number of sulfonamides is 1. The van der Waals surface area contributed by atoms with Crippen LogP contribution >= 0.6 is 11.6 Å². The molecule has 1 fully saturated rings. The molecule has 1 amide bonds. The first-order valence-electron chi connectivity index (χ1n) is 10.0. The van der Waals surface area contributed by atoms with Crippen molar-refractivity contribution >= 4 is 33.2 Å². The van der Waals surface area contributed by atoms with E-state index in [4.69, 9.17) is 16.3 Å². The fourth-order valence-electron chi connectivity index (χ4n) is 3.57. The number of rotatable bonds is 7. The van der Waals surface area contributed by atoms with Crippen LogP contribution in [0.1, 0.15) is 32.1 Å². The zero-order valence-corrected chi connectivity index (χ0v) is 18.8. The van der Waals surface area contributed by atoms with E-state index in [1.165, 1.54) is 29.9 Å². The van der Waals surface area contributed by atoms with E-state index >= 15 is 0 Å². The van der Waals surface area contributed by atoms with Gasteiger partial charge in [-0.25, -0.2) is 8.42 Å². The van der Waals surface area contributed by atoms with E-state index in [0.29, 0.717) is 22.5 Å². The summed E-state index contributed by atoms with van der Waals surface area (Å²) in [6.45, 7) is -0.0364. The van der Waals surface area contributed by atoms with E-state index in [0.717, 1.165) is 25.7 Å². The molecule has 0 spiro atoms. The topological polar surface area (TPSA) is 66.9 Å². The maximum Gasteiger partial charge on any atom is 0.264 e. The quantitative estimate of drug-likeness (QED) is 0.629. The normalized spacial score (nSPS) is 14.9. The second-order valence-corrected chi connectivity index (χ2v) is 9.91. The number of hydrogen-bond acceptors (Lipinski definition) is 4. The second kappa shape index (κ2) is 9.71. The summed E-state index contributed by atoms with van der Waals surface area (Å²) < 4.78 is 32.4. The molecular weight excluding hydrogens is 424 g/mol. The predicted molar refractivity (Wildman–Crippen MR) is 119 cm³/mol. The predicted octanol–water partition coefficient (Wildman–Crippen LogP) is 4.34. The Kier molecular flexibility index (Phi) is 7.26. The summed E-state index contributed by atoms with van der Waals surface area (Å²) in [7, 11) is -0.375. The Labute approximate surface area is 183 Å². The lowest BCUT2D eigenvalue weighted by Gasteiger charge is -2.31. The molecule has 1 saturated carbocycles. The molecule has 0 atom stereocenters. The van der Waals surface area contributed by atoms with Crippen LogP contribution in [0, 0.1) is 0 Å². The van der Waals surface area contributed by atoms with Crippen LogP contribution in [0.15, 0.2) is 53.4 Å². The SMILES string of the molecule is CN(C(=O)COc1ccc(N(C)S(=O)(=O)c2ccc(Cl)cc2)cc1)C1CCCCC1. The van der Waals surface area contributed by atoms with Crippen LogP contribution in [-0.2, 0) is 14.8 Å². The molecule has 162 valence electrons. The molecule has 0 bridgehead atoms. The summed E-state index contributed by atoms with van der Waals surface area (Å²) in [6.07, 6.45) is 5.66. The molecule has 0 unspecified atom stereocenters. The first-order valence-corrected chi connectivity index (χ1v) is 11.8. The Morgan fingerprint density at radius 2 is 1.60 bits per heavy atom. The van der Waals surface area contributed by atoms with Crippen LogP contribution in [0.3, 0.4) is 0 Å². The largest absolute Gasteiger partial charge is 0.484 e. The van der Waals surface area contributed by atoms with Crippen LogP contribution in [0.25, 0.3) is 0 Å². The average Bonchev–Trinajstić information content (AvgIpc) is 2.77. The summed E-state index contributed by atoms with van der Waals surface area (Å²) in [5.41, 5.74) is 0.489. The molecule has 3 rings (SSSR count). The summed E-state index contributed by atoms with van der Waals surface area (Å²) in [4.78, 5) is 14.4. The van der Waals surface area contributed by atoms with Crippen molar-refractivity contribution in [1.29, 1.82) is 0 Å². The van der Waals surface area contributed by atoms with Crippen LogP contribution in [0.5, 0.6) is 5.75 Å². The molecule has 0 radical (unpaired) electrons. The Bertz CT molecular complexity index is 956. The van der Waals surface area contributed by atoms with Crippen LogP contribution in [0.4, 0.5) is 5.69 Å². The van der Waals surface area contributed by atoms with E-state index in [2.05, 4.69) is 0 Å². The number of ether oxygens (including phenoxy) is 1. The minimum Gasteiger partial charge on any atom is -0.484 e. The molecule has 0 saturated heterocycles. The molecule has 2 aromatic rings. The van der Waals surface area contributed by atoms with Gasteiger partial charge in [0.15, 0.2) is 6.61 Å². The van der Waals surface area contributed by atoms with Gasteiger partial charge in [-0.2, -0.15) is 0 Å². The van der Waals surface area contributed by atoms with E-state index in [-0.39, 0.29) is 17.4 Å². The summed E-state index contributed by atoms with van der Waals surface area (Å²) >= 11 is 5.84. The highest BCUT2D eigenvalue weighted by Gasteiger charge is 2.23. The Balaban J connectivity index is 1.60. The van der Waals surface area contributed by atoms with Crippen LogP contribution < -0.4 is 9.04 Å². The number of hydrogen-bond donors (Lipinski definition) is 0. The molecule has 8 heteroatoms. The Hall–Kier alpha value is -2.25. The third-order valence-electron chi connectivity index (χ3n) is 5.55. The van der Waals surface area contributed by atoms with Gasteiger partial charge in [-0.15, -0.1) is 0 Å². The highest BCUT2D eigenvalue weighted by molar-refractivity contribution is 7.92. The Morgan fingerprint density at radius 3 is 2.20 bits per heavy atom. The lowest BCUT2D eigenvalue weighted by atomic mass is 9.94. The summed E-state index contributed by atoms with van der Waals surface area (Å²) in [5, 5.41) is 0.474. The highest BCUT2D eigenvalue weighted by Crippen LogP contribution is 2.26. The summed E-state index contributed by atoms with van der Waals surface area (Å²) in [5.74, 6) is 0.467. The molecule has 1 aliphatic carbocycles. The van der Waals surface area contributed by atoms with Gasteiger partial charge in [0.25, 0.3) is 15.9 Å². The van der Waals surface area contributed by atoms with Crippen molar-refractivity contribution in [3.8, 4) is 5.75 Å². The van der Waals surface area contributed by atoms with Gasteiger partial charge in [0.05, 0.1) is 10.6 Å². The molecule has 6 nitrogen and oxygen atoms in total. The van der Waals surface area contributed by atoms with E-state index in [1.807, 2.05) is 7.05 Å². The molecule has 2 aromatic carbocycles. The number of amides is 1. The Morgan fingerprint density at radius 1 is 1.00 bits per heavy atom. The van der Waals surface area contributed by atoms with E-state index in [9.17, 15) is 13.2 Å². The molecule has 0 N–H and O–H groups in total. The third-order valence-corrected chi connectivity index (χ3v) is 7.60. The number of anilines is 1. The van der Waals surface area contributed by atoms with Gasteiger partial charge in [0.1, 0.15) is 5.75 Å². The van der Waals surface area contributed by atoms with E-state index in [1.54, 1.807) is 41.3 Å². The number of nitrogens with zero attached hydrogens (tertiary/aromatic N) is 2. The number of carbonyl (C=O) groups excluding carboxylic acids is 1. The van der Waals surface area contributed by atoms with Crippen molar-refractivity contribution in [1.82, 2.24) is 4.90 Å². The zero-order chi connectivity index (χ0) is 21.7. The van der Waals surface area contributed by atoms with Crippen molar-refractivity contribution < 1.29 is 17.9 Å². The molecule has 0 aliphatic heterocycles. The van der Waals surface area contributed by atoms with Crippen molar-refractivity contribution in [3.63, 3.8) is 0 Å². The number of carbonyl (C=O) groups is 1. The van der Waals surface area contributed by atoms with Gasteiger partial charge in [-0.1, -0.05) is 30.9 Å². The van der Waals surface area contributed by atoms with Gasteiger partial charge in [-0.05, 0) is 61.4 Å². The lowest BCUT2D eigenvalue weighted by Crippen LogP contribution is -2.40. The number of likely N-dealkylation sites (N-methyl/N-ethyl adjacent to an activating group) is 1. The minimum atomic E-state index is -3.70. The van der Waals surface area contributed by atoms with Gasteiger partial charge in [-0.3, -0.25) is 9.10 Å². The van der Waals surface area contributed by atoms with Crippen molar-refractivity contribution in [2.75, 3.05) is 25.0 Å². The van der Waals surface area contributed by atoms with Gasteiger partial charge in [0.2, 0.25) is 0 Å². The summed E-state index contributed by atoms with van der Waals surface area (Å²) in [6, 6.07) is 13.0. The fraction of sp³-hybridized carbons (Fsp3) is 0.409. The lowest BCUT2D eigenvalue weighted by molar-refractivity contribution is -0.134. The molecule has 0 heterocycles. The number of benzene rings is 2. The van der Waals surface area contributed by atoms with Gasteiger partial charge < -0.3 is 9.64 Å². The van der Waals surface area contributed by atoms with Crippen molar-refractivity contribution in [3.05, 3.63) is 53.6 Å². The second-order valence-electron chi connectivity index (χ2n) is 7.51. The highest BCUT2D eigenvalue weighted by atomic mass is 35.5. The van der Waals surface area contributed by atoms with Gasteiger partial charge in [0, 0.05) is 25.2 Å². The third kappa shape index (κ3) is 5.26. The molecule has 0 aromatic heterocycles. The maximum absolute atomic E-state index is 12.8. The van der Waals surface area contributed by atoms with Crippen molar-refractivity contribution in [2.45, 2.75) is 43.0 Å². The first kappa shape index (κ1) is 22.4. The average molecular weight is 451 g/mol. The molecule has 30 heavy (non-hydrogen) atoms. The maximum atomic E-state index is 12.8. The first-order chi connectivity index (χ1) is 14.3. The number of halogens is 1. The monoisotopic (exact) mass is 450 g/mol. The standard InChI is InChI=1S/C22H27ClN2O4S/c1-24(18-6-4-3-5-7-18)22(26)16-29-20-12-10-19(11-13-20)25(2)30(27,28)21-14-8-17(23)9-15-21/h8-15,18H,3-7,16H2,1-2H3. The van der Waals surface area contributed by atoms with Crippen LogP contribution in [0.2, 0.25) is 5.02 Å². The molecular formula is C22H27ClN2O4S. The van der Waals surface area contributed by atoms with Crippen molar-refractivity contribution in [2.24, 2.45) is 0 Å².